The van der Waals surface area contributed by atoms with Crippen LogP contribution >= 0.6 is 0 Å². The smallest absolute Gasteiger partial charge is 0.418 e. The first-order chi connectivity index (χ1) is 10.9. The summed E-state index contributed by atoms with van der Waals surface area (Å²) in [4.78, 5) is 11.4. The Kier molecular flexibility index (Phi) is 3.87. The fraction of sp³-hybridized carbons (Fsp3) is 0.375. The quantitative estimate of drug-likeness (QED) is 0.854. The van der Waals surface area contributed by atoms with Crippen molar-refractivity contribution in [3.63, 3.8) is 0 Å². The summed E-state index contributed by atoms with van der Waals surface area (Å²) in [6.07, 6.45) is -0.906. The maximum Gasteiger partial charge on any atom is 0.418 e. The van der Waals surface area contributed by atoms with Gasteiger partial charge in [0.2, 0.25) is 0 Å². The average molecular weight is 324 g/mol. The third-order valence-electron chi connectivity index (χ3n) is 4.07. The molecule has 4 nitrogen and oxygen atoms in total. The number of fused-ring (bicyclic) bond motifs is 1. The van der Waals surface area contributed by atoms with E-state index in [-0.39, 0.29) is 11.4 Å². The van der Waals surface area contributed by atoms with Crippen LogP contribution in [0.2, 0.25) is 0 Å². The molecule has 1 aliphatic rings. The zero-order chi connectivity index (χ0) is 16.6. The third-order valence-corrected chi connectivity index (χ3v) is 4.07. The summed E-state index contributed by atoms with van der Waals surface area (Å²) >= 11 is 0. The first kappa shape index (κ1) is 15.6. The molecule has 7 heteroatoms. The number of carboxylic acids is 1. The largest absolute Gasteiger partial charge is 0.476 e. The standard InChI is InChI=1S/C16H15F3N2O2/c17-16(18,19)11-7-4-5-9-13(11)21-12-8-3-1-2-6-10(12)14(20-21)15(22)23/h4-5,7,9H,1-3,6,8H2,(H,22,23). The number of nitrogens with zero attached hydrogens (tertiary/aromatic N) is 2. The summed E-state index contributed by atoms with van der Waals surface area (Å²) in [5.74, 6) is -1.20. The Bertz CT molecular complexity index is 750. The molecular weight excluding hydrogens is 309 g/mol. The lowest BCUT2D eigenvalue weighted by molar-refractivity contribution is -0.137. The van der Waals surface area contributed by atoms with E-state index in [0.717, 1.165) is 25.3 Å². The summed E-state index contributed by atoms with van der Waals surface area (Å²) in [5.41, 5.74) is 0.0691. The molecule has 0 saturated carbocycles. The van der Waals surface area contributed by atoms with E-state index in [1.54, 1.807) is 0 Å². The van der Waals surface area contributed by atoms with Crippen LogP contribution in [0.5, 0.6) is 0 Å². The second-order valence-corrected chi connectivity index (χ2v) is 5.57. The van der Waals surface area contributed by atoms with Crippen molar-refractivity contribution >= 4 is 5.97 Å². The van der Waals surface area contributed by atoms with Crippen LogP contribution in [0, 0.1) is 0 Å². The number of carbonyl (C=O) groups is 1. The molecule has 1 aromatic heterocycles. The van der Waals surface area contributed by atoms with Gasteiger partial charge in [0.15, 0.2) is 5.69 Å². The maximum absolute atomic E-state index is 13.3. The summed E-state index contributed by atoms with van der Waals surface area (Å²) < 4.78 is 40.9. The normalized spacial score (nSPS) is 15.1. The first-order valence-electron chi connectivity index (χ1n) is 7.40. The highest BCUT2D eigenvalue weighted by atomic mass is 19.4. The van der Waals surface area contributed by atoms with Crippen LogP contribution in [-0.4, -0.2) is 20.9 Å². The molecule has 1 N–H and O–H groups in total. The van der Waals surface area contributed by atoms with Crippen LogP contribution in [0.25, 0.3) is 5.69 Å². The Hall–Kier alpha value is -2.31. The van der Waals surface area contributed by atoms with Crippen LogP contribution in [0.4, 0.5) is 13.2 Å². The predicted octanol–water partition coefficient (Wildman–Crippen LogP) is 3.86. The number of carboxylic acid groups (broad SMARTS) is 1. The molecule has 0 spiro atoms. The van der Waals surface area contributed by atoms with Gasteiger partial charge in [0, 0.05) is 11.3 Å². The Balaban J connectivity index is 2.24. The molecule has 3 rings (SSSR count). The van der Waals surface area contributed by atoms with E-state index in [1.165, 1.54) is 22.9 Å². The van der Waals surface area contributed by atoms with E-state index in [4.69, 9.17) is 0 Å². The van der Waals surface area contributed by atoms with Crippen molar-refractivity contribution in [2.75, 3.05) is 0 Å². The Morgan fingerprint density at radius 3 is 2.52 bits per heavy atom. The number of aromatic carboxylic acids is 1. The average Bonchev–Trinajstić information content (AvgIpc) is 2.68. The molecule has 122 valence electrons. The number of hydrogen-bond donors (Lipinski definition) is 1. The lowest BCUT2D eigenvalue weighted by Crippen LogP contribution is -2.13. The number of rotatable bonds is 2. The molecule has 0 aliphatic heterocycles. The van der Waals surface area contributed by atoms with Gasteiger partial charge >= 0.3 is 12.1 Å². The van der Waals surface area contributed by atoms with Crippen molar-refractivity contribution in [3.05, 3.63) is 46.8 Å². The zero-order valence-corrected chi connectivity index (χ0v) is 12.2. The molecular formula is C16H15F3N2O2. The Morgan fingerprint density at radius 2 is 1.83 bits per heavy atom. The van der Waals surface area contributed by atoms with Crippen molar-refractivity contribution < 1.29 is 23.1 Å². The fourth-order valence-corrected chi connectivity index (χ4v) is 3.04. The summed E-state index contributed by atoms with van der Waals surface area (Å²) in [6.45, 7) is 0. The van der Waals surface area contributed by atoms with E-state index < -0.39 is 17.7 Å². The molecule has 1 heterocycles. The molecule has 0 fully saturated rings. The van der Waals surface area contributed by atoms with Crippen molar-refractivity contribution in [2.24, 2.45) is 0 Å². The number of para-hydroxylation sites is 1. The molecule has 0 unspecified atom stereocenters. The van der Waals surface area contributed by atoms with E-state index >= 15 is 0 Å². The molecule has 0 amide bonds. The van der Waals surface area contributed by atoms with Crippen LogP contribution in [0.1, 0.15) is 46.6 Å². The van der Waals surface area contributed by atoms with Crippen LogP contribution in [0.3, 0.4) is 0 Å². The van der Waals surface area contributed by atoms with Gasteiger partial charge in [0.1, 0.15) is 0 Å². The van der Waals surface area contributed by atoms with Gasteiger partial charge in [0.05, 0.1) is 11.3 Å². The van der Waals surface area contributed by atoms with E-state index in [1.807, 2.05) is 0 Å². The van der Waals surface area contributed by atoms with Gasteiger partial charge in [-0.1, -0.05) is 18.6 Å². The predicted molar refractivity (Wildman–Crippen MR) is 76.8 cm³/mol. The van der Waals surface area contributed by atoms with Crippen molar-refractivity contribution in [1.29, 1.82) is 0 Å². The number of benzene rings is 1. The Morgan fingerprint density at radius 1 is 1.13 bits per heavy atom. The van der Waals surface area contributed by atoms with Crippen LogP contribution in [0.15, 0.2) is 24.3 Å². The number of aromatic nitrogens is 2. The zero-order valence-electron chi connectivity index (χ0n) is 12.2. The van der Waals surface area contributed by atoms with Gasteiger partial charge in [-0.15, -0.1) is 0 Å². The maximum atomic E-state index is 13.3. The van der Waals surface area contributed by atoms with Crippen LogP contribution < -0.4 is 0 Å². The van der Waals surface area contributed by atoms with Crippen molar-refractivity contribution in [3.8, 4) is 5.69 Å². The number of halogens is 3. The van der Waals surface area contributed by atoms with E-state index in [0.29, 0.717) is 24.1 Å². The molecule has 2 aromatic rings. The van der Waals surface area contributed by atoms with Gasteiger partial charge in [-0.3, -0.25) is 0 Å². The van der Waals surface area contributed by atoms with Crippen LogP contribution in [-0.2, 0) is 19.0 Å². The van der Waals surface area contributed by atoms with Gasteiger partial charge < -0.3 is 5.11 Å². The van der Waals surface area contributed by atoms with Crippen molar-refractivity contribution in [2.45, 2.75) is 38.3 Å². The lowest BCUT2D eigenvalue weighted by Gasteiger charge is -2.14. The highest BCUT2D eigenvalue weighted by Crippen LogP contribution is 2.35. The van der Waals surface area contributed by atoms with E-state index in [9.17, 15) is 23.1 Å². The molecule has 0 atom stereocenters. The highest BCUT2D eigenvalue weighted by molar-refractivity contribution is 5.87. The second-order valence-electron chi connectivity index (χ2n) is 5.57. The van der Waals surface area contributed by atoms with Gasteiger partial charge in [0.25, 0.3) is 0 Å². The van der Waals surface area contributed by atoms with Crippen molar-refractivity contribution in [1.82, 2.24) is 9.78 Å². The minimum Gasteiger partial charge on any atom is -0.476 e. The SMILES string of the molecule is O=C(O)c1nn(-c2ccccc2C(F)(F)F)c2c1CCCCC2. The molecule has 1 aromatic carbocycles. The Labute approximate surface area is 130 Å². The van der Waals surface area contributed by atoms with E-state index in [2.05, 4.69) is 5.10 Å². The lowest BCUT2D eigenvalue weighted by atomic mass is 10.1. The second kappa shape index (κ2) is 5.72. The number of hydrogen-bond acceptors (Lipinski definition) is 2. The highest BCUT2D eigenvalue weighted by Gasteiger charge is 2.35. The molecule has 0 radical (unpaired) electrons. The summed E-state index contributed by atoms with van der Waals surface area (Å²) in [5, 5.41) is 13.3. The minimum absolute atomic E-state index is 0.120. The first-order valence-corrected chi connectivity index (χ1v) is 7.40. The minimum atomic E-state index is -4.52. The topological polar surface area (TPSA) is 55.1 Å². The summed E-state index contributed by atoms with van der Waals surface area (Å²) in [6, 6.07) is 5.12. The number of alkyl halides is 3. The molecule has 23 heavy (non-hydrogen) atoms. The van der Waals surface area contributed by atoms with Gasteiger partial charge in [-0.05, 0) is 37.8 Å². The molecule has 1 aliphatic carbocycles. The fourth-order valence-electron chi connectivity index (χ4n) is 3.04. The van der Waals surface area contributed by atoms with Gasteiger partial charge in [-0.2, -0.15) is 18.3 Å². The summed E-state index contributed by atoms with van der Waals surface area (Å²) in [7, 11) is 0. The molecule has 0 saturated heterocycles. The monoisotopic (exact) mass is 324 g/mol. The molecule has 0 bridgehead atoms. The third kappa shape index (κ3) is 2.83. The van der Waals surface area contributed by atoms with Gasteiger partial charge in [-0.25, -0.2) is 9.48 Å².